The van der Waals surface area contributed by atoms with Crippen LogP contribution in [0, 0.1) is 17.3 Å². The lowest BCUT2D eigenvalue weighted by Gasteiger charge is -2.32. The second-order valence-electron chi connectivity index (χ2n) is 7.60. The molecular formula is C19H27IO3. The highest BCUT2D eigenvalue weighted by atomic mass is 127. The lowest BCUT2D eigenvalue weighted by atomic mass is 9.74. The number of carbonyl (C=O) groups is 1. The average Bonchev–Trinajstić information content (AvgIpc) is 2.84. The van der Waals surface area contributed by atoms with Gasteiger partial charge in [0.05, 0.1) is 6.61 Å². The van der Waals surface area contributed by atoms with Gasteiger partial charge in [-0.3, -0.25) is 4.79 Å². The van der Waals surface area contributed by atoms with Crippen LogP contribution in [0.1, 0.15) is 52.4 Å². The molecule has 0 radical (unpaired) electrons. The third kappa shape index (κ3) is 3.13. The highest BCUT2D eigenvalue weighted by Crippen LogP contribution is 2.51. The molecule has 3 rings (SSSR count). The molecule has 23 heavy (non-hydrogen) atoms. The summed E-state index contributed by atoms with van der Waals surface area (Å²) in [6.45, 7) is 5.01. The highest BCUT2D eigenvalue weighted by Gasteiger charge is 2.47. The van der Waals surface area contributed by atoms with Crippen molar-refractivity contribution in [1.82, 2.24) is 0 Å². The largest absolute Gasteiger partial charge is 0.497 e. The predicted octanol–water partition coefficient (Wildman–Crippen LogP) is 4.19. The Hall–Kier alpha value is -0.360. The van der Waals surface area contributed by atoms with Gasteiger partial charge in [-0.2, -0.15) is 0 Å². The number of ketones is 1. The van der Waals surface area contributed by atoms with Gasteiger partial charge in [0.15, 0.2) is 5.78 Å². The van der Waals surface area contributed by atoms with Crippen molar-refractivity contribution >= 4 is 28.4 Å². The van der Waals surface area contributed by atoms with E-state index in [1.54, 1.807) is 0 Å². The Morgan fingerprint density at radius 2 is 2.13 bits per heavy atom. The lowest BCUT2D eigenvalue weighted by molar-refractivity contribution is -0.128. The number of aliphatic hydroxyl groups excluding tert-OH is 1. The summed E-state index contributed by atoms with van der Waals surface area (Å²) in [6.07, 6.45) is 7.26. The van der Waals surface area contributed by atoms with E-state index in [4.69, 9.17) is 4.74 Å². The Bertz CT molecular complexity index is 547. The van der Waals surface area contributed by atoms with Crippen LogP contribution in [0.3, 0.4) is 0 Å². The van der Waals surface area contributed by atoms with Gasteiger partial charge >= 0.3 is 0 Å². The maximum Gasteiger partial charge on any atom is 0.191 e. The Balaban J connectivity index is 2.02. The van der Waals surface area contributed by atoms with Crippen LogP contribution in [-0.4, -0.2) is 28.0 Å². The third-order valence-electron chi connectivity index (χ3n) is 6.06. The monoisotopic (exact) mass is 430 g/mol. The molecule has 0 aromatic rings. The summed E-state index contributed by atoms with van der Waals surface area (Å²) in [5, 5.41) is 10.8. The first-order valence-corrected chi connectivity index (χ1v) is 10.3. The number of aliphatic hydroxyl groups is 1. The van der Waals surface area contributed by atoms with Crippen molar-refractivity contribution in [1.29, 1.82) is 0 Å². The molecule has 0 aromatic carbocycles. The summed E-state index contributed by atoms with van der Waals surface area (Å²) in [5.41, 5.74) is 2.15. The molecule has 128 valence electrons. The van der Waals surface area contributed by atoms with Crippen LogP contribution in [0.4, 0.5) is 0 Å². The zero-order chi connectivity index (χ0) is 16.6. The Morgan fingerprint density at radius 1 is 1.35 bits per heavy atom. The summed E-state index contributed by atoms with van der Waals surface area (Å²) < 4.78 is 6.82. The smallest absolute Gasteiger partial charge is 0.191 e. The second kappa shape index (κ2) is 6.87. The van der Waals surface area contributed by atoms with Crippen molar-refractivity contribution in [3.05, 3.63) is 23.0 Å². The molecule has 0 saturated heterocycles. The number of alkyl halides is 1. The molecule has 1 fully saturated rings. The first kappa shape index (κ1) is 17.5. The molecule has 0 aromatic heterocycles. The van der Waals surface area contributed by atoms with Gasteiger partial charge in [-0.15, -0.1) is 0 Å². The van der Waals surface area contributed by atoms with Gasteiger partial charge < -0.3 is 9.84 Å². The molecule has 1 saturated carbocycles. The van der Waals surface area contributed by atoms with Gasteiger partial charge in [0.25, 0.3) is 0 Å². The molecule has 3 aliphatic rings. The minimum Gasteiger partial charge on any atom is -0.497 e. The van der Waals surface area contributed by atoms with Crippen LogP contribution < -0.4 is 0 Å². The zero-order valence-electron chi connectivity index (χ0n) is 14.1. The van der Waals surface area contributed by atoms with Crippen LogP contribution in [0.5, 0.6) is 0 Å². The molecule has 3 nitrogen and oxygen atoms in total. The van der Waals surface area contributed by atoms with Crippen molar-refractivity contribution < 1.29 is 14.6 Å². The molecule has 0 unspecified atom stereocenters. The maximum absolute atomic E-state index is 13.1. The topological polar surface area (TPSA) is 46.5 Å². The van der Waals surface area contributed by atoms with E-state index < -0.39 is 6.10 Å². The minimum atomic E-state index is -0.886. The van der Waals surface area contributed by atoms with Gasteiger partial charge in [0.2, 0.25) is 0 Å². The lowest BCUT2D eigenvalue weighted by Crippen LogP contribution is -2.38. The van der Waals surface area contributed by atoms with Crippen molar-refractivity contribution in [2.45, 2.75) is 58.5 Å². The second-order valence-corrected chi connectivity index (χ2v) is 8.68. The Labute approximate surface area is 152 Å². The summed E-state index contributed by atoms with van der Waals surface area (Å²) in [5.74, 6) is 1.04. The van der Waals surface area contributed by atoms with Crippen LogP contribution in [0.15, 0.2) is 23.0 Å². The summed E-state index contributed by atoms with van der Waals surface area (Å²) in [7, 11) is 0. The fourth-order valence-electron chi connectivity index (χ4n) is 4.68. The fraction of sp³-hybridized carbons (Fsp3) is 0.737. The molecule has 0 heterocycles. The van der Waals surface area contributed by atoms with Gasteiger partial charge in [-0.1, -0.05) is 48.1 Å². The molecule has 2 bridgehead atoms. The number of carbonyl (C=O) groups excluding carboxylic acids is 1. The van der Waals surface area contributed by atoms with E-state index in [2.05, 4.69) is 42.5 Å². The molecule has 1 N–H and O–H groups in total. The number of halogens is 1. The van der Waals surface area contributed by atoms with E-state index in [1.807, 2.05) is 0 Å². The van der Waals surface area contributed by atoms with Crippen LogP contribution in [-0.2, 0) is 9.53 Å². The van der Waals surface area contributed by atoms with Crippen molar-refractivity contribution in [2.75, 3.05) is 11.0 Å². The van der Waals surface area contributed by atoms with E-state index in [1.165, 1.54) is 5.57 Å². The van der Waals surface area contributed by atoms with Gasteiger partial charge in [-0.05, 0) is 43.4 Å². The molecular weight excluding hydrogens is 403 g/mol. The van der Waals surface area contributed by atoms with Crippen LogP contribution in [0.2, 0.25) is 0 Å². The zero-order valence-corrected chi connectivity index (χ0v) is 16.3. The standard InChI is InChI=1S/C19H27IO3/c1-19(2)13-7-6-12-4-3-5-15(23-11-10-20)16(12)18(22)17(21)14(19)9-8-13/h7,12,14,17,21H,3-6,8-11H2,1-2H3/b13-7+/t12-,14-,17-/m1/s1. The number of fused-ring (bicyclic) bond motifs is 3. The molecule has 0 spiro atoms. The first-order chi connectivity index (χ1) is 11.0. The molecule has 0 amide bonds. The number of allylic oxidation sites excluding steroid dienone is 3. The molecule has 3 aliphatic carbocycles. The van der Waals surface area contributed by atoms with E-state index in [9.17, 15) is 9.90 Å². The molecule has 4 heteroatoms. The van der Waals surface area contributed by atoms with Gasteiger partial charge in [-0.25, -0.2) is 0 Å². The maximum atomic E-state index is 13.1. The highest BCUT2D eigenvalue weighted by molar-refractivity contribution is 14.1. The van der Waals surface area contributed by atoms with E-state index in [0.717, 1.165) is 54.3 Å². The van der Waals surface area contributed by atoms with Crippen molar-refractivity contribution in [2.24, 2.45) is 17.3 Å². The summed E-state index contributed by atoms with van der Waals surface area (Å²) >= 11 is 2.29. The third-order valence-corrected chi connectivity index (χ3v) is 6.50. The van der Waals surface area contributed by atoms with E-state index >= 15 is 0 Å². The quantitative estimate of drug-likeness (QED) is 0.415. The Kier molecular flexibility index (Phi) is 5.21. The predicted molar refractivity (Wildman–Crippen MR) is 99.4 cm³/mol. The van der Waals surface area contributed by atoms with Crippen LogP contribution >= 0.6 is 22.6 Å². The summed E-state index contributed by atoms with van der Waals surface area (Å²) in [4.78, 5) is 13.1. The fourth-order valence-corrected chi connectivity index (χ4v) is 4.90. The number of rotatable bonds is 3. The van der Waals surface area contributed by atoms with Gasteiger partial charge in [0, 0.05) is 22.3 Å². The van der Waals surface area contributed by atoms with Crippen molar-refractivity contribution in [3.8, 4) is 0 Å². The average molecular weight is 430 g/mol. The molecule has 0 aliphatic heterocycles. The van der Waals surface area contributed by atoms with Crippen molar-refractivity contribution in [3.63, 3.8) is 0 Å². The van der Waals surface area contributed by atoms with E-state index in [-0.39, 0.29) is 23.0 Å². The normalized spacial score (nSPS) is 35.7. The minimum absolute atomic E-state index is 0.0280. The number of Topliss-reactive ketones (excluding diaryl/α,β-unsaturated/α-hetero) is 1. The number of hydrogen-bond donors (Lipinski definition) is 1. The first-order valence-electron chi connectivity index (χ1n) is 8.80. The Morgan fingerprint density at radius 3 is 2.87 bits per heavy atom. The number of hydrogen-bond acceptors (Lipinski definition) is 3. The summed E-state index contributed by atoms with van der Waals surface area (Å²) in [6, 6.07) is 0. The SMILES string of the molecule is CC1(C)/C2=C/C[C@H]3CCCC(OCCI)=C3C(=O)[C@H](O)[C@H]1CC2. The van der Waals surface area contributed by atoms with E-state index in [0.29, 0.717) is 6.61 Å². The van der Waals surface area contributed by atoms with Crippen LogP contribution in [0.25, 0.3) is 0 Å². The van der Waals surface area contributed by atoms with Gasteiger partial charge in [0.1, 0.15) is 11.9 Å². The molecule has 3 atom stereocenters. The number of ether oxygens (including phenoxy) is 1.